The van der Waals surface area contributed by atoms with Crippen molar-refractivity contribution in [2.75, 3.05) is 39.6 Å². The van der Waals surface area contributed by atoms with Gasteiger partial charge in [0.2, 0.25) is 0 Å². The van der Waals surface area contributed by atoms with Gasteiger partial charge in [0.1, 0.15) is 19.3 Å². The van der Waals surface area contributed by atoms with Crippen molar-refractivity contribution in [3.63, 3.8) is 0 Å². The van der Waals surface area contributed by atoms with Gasteiger partial charge >= 0.3 is 39.5 Å². The number of hydrogen-bond acceptors (Lipinski definition) is 15. The largest absolute Gasteiger partial charge is 0.472 e. The van der Waals surface area contributed by atoms with Gasteiger partial charge in [-0.1, -0.05) is 278 Å². The first-order valence-electron chi connectivity index (χ1n) is 40.1. The van der Waals surface area contributed by atoms with Gasteiger partial charge in [0.15, 0.2) is 12.2 Å². The molecule has 19 heteroatoms. The fourth-order valence-corrected chi connectivity index (χ4v) is 12.2. The molecule has 3 N–H and O–H groups in total. The van der Waals surface area contributed by atoms with E-state index in [1.54, 1.807) is 0 Å². The summed E-state index contributed by atoms with van der Waals surface area (Å²) in [7, 11) is -9.98. The van der Waals surface area contributed by atoms with Crippen LogP contribution < -0.4 is 0 Å². The van der Waals surface area contributed by atoms with Gasteiger partial charge in [0, 0.05) is 25.7 Å². The Morgan fingerprint density at radius 2 is 0.529 bits per heavy atom. The van der Waals surface area contributed by atoms with Crippen molar-refractivity contribution in [3.8, 4) is 0 Å². The number of rotatable bonds is 75. The lowest BCUT2D eigenvalue weighted by atomic mass is 10.1. The molecule has 0 heterocycles. The molecule has 0 aliphatic rings. The Morgan fingerprint density at radius 1 is 0.284 bits per heavy atom. The number of unbranched alkanes of at least 4 members (excludes halogenated alkanes) is 31. The third-order valence-electron chi connectivity index (χ3n) is 16.7. The minimum Gasteiger partial charge on any atom is -0.462 e. The number of phosphoric ester groups is 2. The summed E-state index contributed by atoms with van der Waals surface area (Å²) < 4.78 is 68.5. The standard InChI is InChI=1S/C83H144O17P2/c1-5-9-13-17-21-25-29-33-36-37-38-39-42-46-50-54-58-62-66-70-83(88)100-79(74-94-81(86)68-64-60-56-52-48-44-40-34-30-26-22-18-14-10-6-2)76-98-102(91,92)96-72-77(84)71-95-101(89,90)97-75-78(73-93-80(85)67-63-59-55-51-47-43-32-28-24-20-16-12-8-4)99-82(87)69-65-61-57-53-49-45-41-35-31-27-23-19-15-11-7-3/h9,13,21,25,28,32-36,38-41,46,50,58,62,77-79,84H,5-8,10-12,14-20,22-24,26-27,29-31,37,42-45,47-49,51-57,59-61,63-76H2,1-4H3,(H,89,90)(H,91,92)/b13-9-,25-21-,32-28-,36-33-,39-38-,40-34-,41-35-,50-46-,62-58-/t77-,78+,79+/m0/s1. The predicted molar refractivity (Wildman–Crippen MR) is 418 cm³/mol. The third-order valence-corrected chi connectivity index (χ3v) is 18.6. The number of hydrogen-bond donors (Lipinski definition) is 3. The number of ether oxygens (including phenoxy) is 4. The maximum atomic E-state index is 13.1. The third kappa shape index (κ3) is 74.0. The lowest BCUT2D eigenvalue weighted by molar-refractivity contribution is -0.161. The predicted octanol–water partition coefficient (Wildman–Crippen LogP) is 23.3. The first-order chi connectivity index (χ1) is 49.7. The maximum absolute atomic E-state index is 13.1. The quantitative estimate of drug-likeness (QED) is 0.0169. The van der Waals surface area contributed by atoms with Crippen LogP contribution in [0.15, 0.2) is 109 Å². The molecular weight excluding hydrogens is 1330 g/mol. The average Bonchev–Trinajstić information content (AvgIpc) is 1.21. The molecule has 17 nitrogen and oxygen atoms in total. The zero-order chi connectivity index (χ0) is 74.6. The lowest BCUT2D eigenvalue weighted by Gasteiger charge is -2.21. The zero-order valence-electron chi connectivity index (χ0n) is 64.3. The maximum Gasteiger partial charge on any atom is 0.472 e. The van der Waals surface area contributed by atoms with Crippen LogP contribution in [0.25, 0.3) is 0 Å². The van der Waals surface area contributed by atoms with Crippen molar-refractivity contribution < 1.29 is 80.2 Å². The van der Waals surface area contributed by atoms with Gasteiger partial charge in [-0.05, 0) is 141 Å². The fourth-order valence-electron chi connectivity index (χ4n) is 10.6. The molecule has 0 aromatic carbocycles. The van der Waals surface area contributed by atoms with E-state index in [1.165, 1.54) is 103 Å². The molecule has 588 valence electrons. The van der Waals surface area contributed by atoms with E-state index >= 15 is 0 Å². The molecule has 0 spiro atoms. The minimum atomic E-state index is -5.00. The molecule has 0 aliphatic heterocycles. The first kappa shape index (κ1) is 97.7. The van der Waals surface area contributed by atoms with Crippen molar-refractivity contribution in [2.45, 2.75) is 354 Å². The second-order valence-electron chi connectivity index (χ2n) is 26.6. The molecule has 0 aromatic rings. The van der Waals surface area contributed by atoms with Crippen LogP contribution in [0.2, 0.25) is 0 Å². The molecule has 5 atom stereocenters. The molecule has 2 unspecified atom stereocenters. The molecule has 0 fully saturated rings. The van der Waals surface area contributed by atoms with E-state index in [4.69, 9.17) is 37.0 Å². The van der Waals surface area contributed by atoms with Gasteiger partial charge in [0.05, 0.1) is 26.4 Å². The van der Waals surface area contributed by atoms with Crippen molar-refractivity contribution in [1.82, 2.24) is 0 Å². The van der Waals surface area contributed by atoms with Crippen LogP contribution in [0.1, 0.15) is 336 Å². The first-order valence-corrected chi connectivity index (χ1v) is 43.1. The molecule has 0 radical (unpaired) electrons. The Hall–Kier alpha value is -4.28. The van der Waals surface area contributed by atoms with Crippen LogP contribution in [0.4, 0.5) is 0 Å². The highest BCUT2D eigenvalue weighted by Crippen LogP contribution is 2.45. The summed E-state index contributed by atoms with van der Waals surface area (Å²) in [5, 5.41) is 10.6. The molecule has 0 bridgehead atoms. The topological polar surface area (TPSA) is 237 Å². The van der Waals surface area contributed by atoms with Crippen molar-refractivity contribution in [3.05, 3.63) is 109 Å². The SMILES string of the molecule is CC/C=C\C/C=C\C/C=C\C/C=C\C/C=C\C/C=C\CCC(=O)O[C@H](COC(=O)CCCCCCC/C=C\CCCCCCCC)COP(=O)(O)OC[C@@H](O)COP(=O)(O)OC[C@@H](COC(=O)CCCCCCC/C=C\CCCCCC)OC(=O)CCCCCCC/C=C\CCCCCCCC. The van der Waals surface area contributed by atoms with Crippen molar-refractivity contribution in [2.24, 2.45) is 0 Å². The van der Waals surface area contributed by atoms with Crippen LogP contribution in [0.3, 0.4) is 0 Å². The molecule has 0 saturated heterocycles. The second-order valence-corrected chi connectivity index (χ2v) is 29.5. The summed E-state index contributed by atoms with van der Waals surface area (Å²) >= 11 is 0. The second kappa shape index (κ2) is 75.0. The summed E-state index contributed by atoms with van der Waals surface area (Å²) in [5.41, 5.74) is 0. The highest BCUT2D eigenvalue weighted by Gasteiger charge is 2.30. The van der Waals surface area contributed by atoms with Crippen LogP contribution >= 0.6 is 15.6 Å². The van der Waals surface area contributed by atoms with E-state index in [9.17, 15) is 43.2 Å². The van der Waals surface area contributed by atoms with Gasteiger partial charge in [0.25, 0.3) is 0 Å². The van der Waals surface area contributed by atoms with Crippen molar-refractivity contribution >= 4 is 39.5 Å². The molecule has 102 heavy (non-hydrogen) atoms. The number of allylic oxidation sites excluding steroid dienone is 18. The van der Waals surface area contributed by atoms with Gasteiger partial charge < -0.3 is 33.8 Å². The molecule has 0 aliphatic carbocycles. The van der Waals surface area contributed by atoms with Crippen LogP contribution in [0, 0.1) is 0 Å². The van der Waals surface area contributed by atoms with E-state index in [0.717, 1.165) is 148 Å². The van der Waals surface area contributed by atoms with E-state index in [-0.39, 0.29) is 25.7 Å². The van der Waals surface area contributed by atoms with Gasteiger partial charge in [-0.15, -0.1) is 0 Å². The Morgan fingerprint density at radius 3 is 0.853 bits per heavy atom. The van der Waals surface area contributed by atoms with Crippen molar-refractivity contribution in [1.29, 1.82) is 0 Å². The fraction of sp³-hybridized carbons (Fsp3) is 0.735. The van der Waals surface area contributed by atoms with Crippen LogP contribution in [-0.4, -0.2) is 96.7 Å². The monoisotopic (exact) mass is 1470 g/mol. The molecule has 0 rings (SSSR count). The smallest absolute Gasteiger partial charge is 0.462 e. The van der Waals surface area contributed by atoms with Crippen LogP contribution in [0.5, 0.6) is 0 Å². The molecule has 0 saturated carbocycles. The van der Waals surface area contributed by atoms with Gasteiger partial charge in [-0.25, -0.2) is 9.13 Å². The Kier molecular flexibility index (Phi) is 71.8. The highest BCUT2D eigenvalue weighted by molar-refractivity contribution is 7.47. The number of aliphatic hydroxyl groups is 1. The van der Waals surface area contributed by atoms with E-state index in [1.807, 2.05) is 18.2 Å². The Labute approximate surface area is 619 Å². The van der Waals surface area contributed by atoms with E-state index in [2.05, 4.69) is 119 Å². The van der Waals surface area contributed by atoms with E-state index < -0.39 is 97.5 Å². The summed E-state index contributed by atoms with van der Waals surface area (Å²) in [6, 6.07) is 0. The van der Waals surface area contributed by atoms with E-state index in [0.29, 0.717) is 32.1 Å². The minimum absolute atomic E-state index is 0.0327. The number of phosphoric acid groups is 2. The summed E-state index contributed by atoms with van der Waals surface area (Å²) in [6.45, 7) is 4.65. The summed E-state index contributed by atoms with van der Waals surface area (Å²) in [6.07, 6.45) is 80.8. The summed E-state index contributed by atoms with van der Waals surface area (Å²) in [4.78, 5) is 72.9. The average molecular weight is 1480 g/mol. The summed E-state index contributed by atoms with van der Waals surface area (Å²) in [5.74, 6) is -2.29. The molecular formula is C83H144O17P2. The Bertz CT molecular complexity index is 2360. The van der Waals surface area contributed by atoms with Gasteiger partial charge in [-0.2, -0.15) is 0 Å². The van der Waals surface area contributed by atoms with Gasteiger partial charge in [-0.3, -0.25) is 37.3 Å². The Balaban J connectivity index is 5.44. The molecule has 0 amide bonds. The number of esters is 4. The normalized spacial score (nSPS) is 14.5. The lowest BCUT2D eigenvalue weighted by Crippen LogP contribution is -2.30. The number of aliphatic hydroxyl groups excluding tert-OH is 1. The highest BCUT2D eigenvalue weighted by atomic mass is 31.2. The molecule has 0 aromatic heterocycles. The van der Waals surface area contributed by atoms with Crippen LogP contribution in [-0.2, 0) is 65.4 Å². The number of carbonyl (C=O) groups excluding carboxylic acids is 4. The zero-order valence-corrected chi connectivity index (χ0v) is 66.0. The number of carbonyl (C=O) groups is 4.